The van der Waals surface area contributed by atoms with Crippen molar-refractivity contribution in [3.8, 4) is 5.75 Å². The van der Waals surface area contributed by atoms with Crippen molar-refractivity contribution in [2.24, 2.45) is 0 Å². The van der Waals surface area contributed by atoms with Crippen LogP contribution in [0.3, 0.4) is 0 Å². The van der Waals surface area contributed by atoms with Gasteiger partial charge in [-0.1, -0.05) is 0 Å². The van der Waals surface area contributed by atoms with Crippen LogP contribution in [0.1, 0.15) is 0 Å². The molecule has 0 aliphatic carbocycles. The van der Waals surface area contributed by atoms with Crippen molar-refractivity contribution in [3.05, 3.63) is 37.0 Å². The first-order chi connectivity index (χ1) is 9.28. The van der Waals surface area contributed by atoms with E-state index >= 15 is 0 Å². The molecule has 0 spiro atoms. The molecule has 2 N–H and O–H groups in total. The number of aliphatic hydroxyl groups is 2. The molecule has 110 valence electrons. The number of aliphatic hydroxyl groups excluding tert-OH is 2. The molecule has 1 fully saturated rings. The molecule has 6 nitrogen and oxygen atoms in total. The lowest BCUT2D eigenvalue weighted by Gasteiger charge is -2.27. The van der Waals surface area contributed by atoms with Gasteiger partial charge < -0.3 is 24.4 Å². The molecule has 0 aromatic heterocycles. The van der Waals surface area contributed by atoms with Crippen molar-refractivity contribution in [1.82, 2.24) is 0 Å². The molecule has 2 radical (unpaired) electrons. The van der Waals surface area contributed by atoms with Gasteiger partial charge in [-0.15, -0.1) is 0 Å². The highest BCUT2D eigenvalue weighted by Gasteiger charge is 2.42. The third-order valence-corrected chi connectivity index (χ3v) is 4.16. The van der Waals surface area contributed by atoms with Crippen molar-refractivity contribution >= 4 is 7.60 Å². The number of halogens is 1. The second kappa shape index (κ2) is 5.79. The van der Waals surface area contributed by atoms with Crippen molar-refractivity contribution in [3.63, 3.8) is 0 Å². The van der Waals surface area contributed by atoms with E-state index < -0.39 is 44.0 Å². The zero-order valence-electron chi connectivity index (χ0n) is 10.3. The van der Waals surface area contributed by atoms with Crippen LogP contribution in [0.2, 0.25) is 0 Å². The van der Waals surface area contributed by atoms with Crippen LogP contribution in [-0.2, 0) is 9.30 Å². The van der Waals surface area contributed by atoms with Gasteiger partial charge >= 0.3 is 0 Å². The van der Waals surface area contributed by atoms with Crippen molar-refractivity contribution in [2.75, 3.05) is 6.16 Å². The molecule has 0 amide bonds. The molecule has 2 unspecified atom stereocenters. The van der Waals surface area contributed by atoms with Crippen LogP contribution < -0.4 is 9.42 Å². The van der Waals surface area contributed by atoms with E-state index in [0.29, 0.717) is 0 Å². The minimum absolute atomic E-state index is 0.0536. The van der Waals surface area contributed by atoms with Gasteiger partial charge in [0, 0.05) is 0 Å². The monoisotopic (exact) mass is 303 g/mol. The Balaban J connectivity index is 2.01. The van der Waals surface area contributed by atoms with E-state index in [0.717, 1.165) is 24.3 Å². The summed E-state index contributed by atoms with van der Waals surface area (Å²) in [6, 6.07) is 4.42. The Morgan fingerprint density at radius 2 is 1.95 bits per heavy atom. The average molecular weight is 303 g/mol. The molecule has 0 bridgehead atoms. The van der Waals surface area contributed by atoms with Crippen molar-refractivity contribution in [2.45, 2.75) is 24.4 Å². The topological polar surface area (TPSA) is 99.1 Å². The summed E-state index contributed by atoms with van der Waals surface area (Å²) in [4.78, 5) is 11.8. The largest absolute Gasteiger partial charge is 0.769 e. The number of rotatable bonds is 4. The molecule has 1 aromatic carbocycles. The minimum atomic E-state index is -4.39. The van der Waals surface area contributed by atoms with Crippen LogP contribution in [0, 0.1) is 12.7 Å². The summed E-state index contributed by atoms with van der Waals surface area (Å²) in [6.07, 6.45) is -5.75. The summed E-state index contributed by atoms with van der Waals surface area (Å²) < 4.78 is 34.2. The Kier molecular flexibility index (Phi) is 4.46. The molecular formula is C12H13FO6P-. The van der Waals surface area contributed by atoms with Gasteiger partial charge in [0.15, 0.2) is 7.60 Å². The molecule has 1 aliphatic rings. The van der Waals surface area contributed by atoms with Gasteiger partial charge in [-0.25, -0.2) is 4.39 Å². The lowest BCUT2D eigenvalue weighted by molar-refractivity contribution is -0.192. The SMILES string of the molecule is [CH][C@@H]1O[C@H](CP(=O)([O-])Oc2ccc(F)cc2)[C@H](O)C1O. The number of benzene rings is 1. The van der Waals surface area contributed by atoms with E-state index in [4.69, 9.17) is 16.2 Å². The Bertz CT molecular complexity index is 507. The second-order valence-electron chi connectivity index (χ2n) is 4.46. The molecular weight excluding hydrogens is 290 g/mol. The van der Waals surface area contributed by atoms with Gasteiger partial charge in [-0.05, 0) is 31.2 Å². The fourth-order valence-corrected chi connectivity index (χ4v) is 3.10. The maximum Gasteiger partial charge on any atom is 0.187 e. The van der Waals surface area contributed by atoms with E-state index in [1.54, 1.807) is 0 Å². The number of hydrogen-bond acceptors (Lipinski definition) is 6. The second-order valence-corrected chi connectivity index (χ2v) is 6.23. The maximum absolute atomic E-state index is 12.7. The summed E-state index contributed by atoms with van der Waals surface area (Å²) in [5.74, 6) is -0.580. The summed E-state index contributed by atoms with van der Waals surface area (Å²) >= 11 is 0. The standard InChI is InChI=1S/C12H14FO6P/c1-7-11(14)12(15)10(18-7)6-20(16,17)19-9-4-2-8(13)3-5-9/h1-5,7,10-12,14-15H,6H2,(H,16,17)/p-1/t7-,10+,11?,12-/m0/s1. The van der Waals surface area contributed by atoms with Gasteiger partial charge in [0.1, 0.15) is 23.8 Å². The van der Waals surface area contributed by atoms with Crippen LogP contribution in [0.25, 0.3) is 0 Å². The van der Waals surface area contributed by atoms with Gasteiger partial charge in [0.05, 0.1) is 18.4 Å². The third kappa shape index (κ3) is 3.56. The highest BCUT2D eigenvalue weighted by molar-refractivity contribution is 7.51. The van der Waals surface area contributed by atoms with Crippen LogP contribution in [0.5, 0.6) is 5.75 Å². The maximum atomic E-state index is 12.7. The van der Waals surface area contributed by atoms with Crippen molar-refractivity contribution in [1.29, 1.82) is 0 Å². The van der Waals surface area contributed by atoms with E-state index in [1.165, 1.54) is 0 Å². The first-order valence-electron chi connectivity index (χ1n) is 5.81. The minimum Gasteiger partial charge on any atom is -0.769 e. The Hall–Kier alpha value is -0.980. The number of ether oxygens (including phenoxy) is 1. The Morgan fingerprint density at radius 3 is 2.45 bits per heavy atom. The smallest absolute Gasteiger partial charge is 0.187 e. The van der Waals surface area contributed by atoms with E-state index in [1.807, 2.05) is 0 Å². The Morgan fingerprint density at radius 1 is 1.35 bits per heavy atom. The molecule has 1 aliphatic heterocycles. The lowest BCUT2D eigenvalue weighted by atomic mass is 10.1. The predicted octanol–water partition coefficient (Wildman–Crippen LogP) is -0.0418. The first kappa shape index (κ1) is 15.4. The summed E-state index contributed by atoms with van der Waals surface area (Å²) in [6.45, 7) is 5.34. The van der Waals surface area contributed by atoms with E-state index in [-0.39, 0.29) is 5.75 Å². The zero-order chi connectivity index (χ0) is 14.9. The quantitative estimate of drug-likeness (QED) is 0.757. The van der Waals surface area contributed by atoms with Crippen LogP contribution >= 0.6 is 7.60 Å². The van der Waals surface area contributed by atoms with E-state index in [2.05, 4.69) is 0 Å². The predicted molar refractivity (Wildman–Crippen MR) is 64.5 cm³/mol. The molecule has 1 heterocycles. The van der Waals surface area contributed by atoms with Crippen molar-refractivity contribution < 1.29 is 33.3 Å². The lowest BCUT2D eigenvalue weighted by Crippen LogP contribution is -2.34. The molecule has 2 rings (SSSR count). The summed E-state index contributed by atoms with van der Waals surface area (Å²) in [5, 5.41) is 19.0. The van der Waals surface area contributed by atoms with Crippen LogP contribution in [0.15, 0.2) is 24.3 Å². The zero-order valence-corrected chi connectivity index (χ0v) is 11.2. The highest BCUT2D eigenvalue weighted by atomic mass is 31.2. The van der Waals surface area contributed by atoms with Crippen LogP contribution in [-0.4, -0.2) is 40.8 Å². The molecule has 5 atom stereocenters. The normalized spacial score (nSPS) is 32.9. The van der Waals surface area contributed by atoms with Gasteiger partial charge in [0.25, 0.3) is 0 Å². The number of hydrogen-bond donors (Lipinski definition) is 2. The molecule has 20 heavy (non-hydrogen) atoms. The van der Waals surface area contributed by atoms with Gasteiger partial charge in [-0.3, -0.25) is 4.57 Å². The molecule has 1 aromatic rings. The third-order valence-electron chi connectivity index (χ3n) is 2.86. The molecule has 0 saturated carbocycles. The fourth-order valence-electron chi connectivity index (χ4n) is 1.84. The van der Waals surface area contributed by atoms with Gasteiger partial charge in [-0.2, -0.15) is 0 Å². The molecule has 8 heteroatoms. The van der Waals surface area contributed by atoms with Gasteiger partial charge in [0.2, 0.25) is 0 Å². The summed E-state index contributed by atoms with van der Waals surface area (Å²) in [5.41, 5.74) is 0. The molecule has 1 saturated heterocycles. The Labute approximate surface area is 115 Å². The highest BCUT2D eigenvalue weighted by Crippen LogP contribution is 2.41. The van der Waals surface area contributed by atoms with Crippen LogP contribution in [0.4, 0.5) is 4.39 Å². The van der Waals surface area contributed by atoms with E-state index in [9.17, 15) is 24.1 Å². The average Bonchev–Trinajstić information content (AvgIpc) is 2.59. The fraction of sp³-hybridized carbons (Fsp3) is 0.417. The summed E-state index contributed by atoms with van der Waals surface area (Å²) in [7, 11) is -4.39. The first-order valence-corrected chi connectivity index (χ1v) is 7.54.